The molecule has 0 fully saturated rings. The molecular weight excluding hydrogens is 206 g/mol. The van der Waals surface area contributed by atoms with Crippen molar-refractivity contribution < 1.29 is 17.6 Å². The van der Waals surface area contributed by atoms with E-state index in [0.29, 0.717) is 0 Å². The number of hydrogen-bond acceptors (Lipinski definition) is 1. The molecule has 0 unspecified atom stereocenters. The fourth-order valence-electron chi connectivity index (χ4n) is 0.0634. The van der Waals surface area contributed by atoms with Crippen molar-refractivity contribution in [2.75, 3.05) is 0 Å². The van der Waals surface area contributed by atoms with E-state index in [-0.39, 0.29) is 6.07 Å². The van der Waals surface area contributed by atoms with E-state index in [0.717, 1.165) is 0 Å². The van der Waals surface area contributed by atoms with Crippen molar-refractivity contribution in [2.24, 2.45) is 0 Å². The van der Waals surface area contributed by atoms with Crippen LogP contribution in [0.4, 0.5) is 17.6 Å². The Bertz CT molecular complexity index is 143. The zero-order valence-corrected chi connectivity index (χ0v) is 5.42. The molecule has 0 rings (SSSR count). The number of alkyl halides is 5. The summed E-state index contributed by atoms with van der Waals surface area (Å²) in [6, 6.07) is 0.151. The van der Waals surface area contributed by atoms with Crippen LogP contribution >= 0.6 is 15.9 Å². The Hall–Kier alpha value is -0.310. The van der Waals surface area contributed by atoms with Crippen LogP contribution in [0.3, 0.4) is 0 Å². The van der Waals surface area contributed by atoms with Crippen molar-refractivity contribution in [1.82, 2.24) is 0 Å². The minimum atomic E-state index is -4.63. The third-order valence-electron chi connectivity index (χ3n) is 0.496. The van der Waals surface area contributed by atoms with Gasteiger partial charge in [0, 0.05) is 0 Å². The number of nitrogens with zero attached hydrogens (tertiary/aromatic N) is 1. The van der Waals surface area contributed by atoms with E-state index in [1.807, 2.05) is 0 Å². The van der Waals surface area contributed by atoms with Crippen LogP contribution in [0.1, 0.15) is 0 Å². The molecule has 0 N–H and O–H groups in total. The van der Waals surface area contributed by atoms with Crippen molar-refractivity contribution in [3.63, 3.8) is 0 Å². The highest BCUT2D eigenvalue weighted by Crippen LogP contribution is 2.38. The number of hydrogen-bond donors (Lipinski definition) is 0. The van der Waals surface area contributed by atoms with E-state index in [9.17, 15) is 17.6 Å². The Morgan fingerprint density at radius 2 is 1.56 bits per heavy atom. The monoisotopic (exact) mass is 205 g/mol. The van der Waals surface area contributed by atoms with E-state index < -0.39 is 10.8 Å². The maximum absolute atomic E-state index is 11.5. The van der Waals surface area contributed by atoms with Crippen molar-refractivity contribution >= 4 is 15.9 Å². The molecule has 0 aliphatic carbocycles. The highest BCUT2D eigenvalue weighted by Gasteiger charge is 2.54. The van der Waals surface area contributed by atoms with Crippen LogP contribution in [0.2, 0.25) is 0 Å². The number of rotatable bonds is 1. The van der Waals surface area contributed by atoms with Gasteiger partial charge in [-0.15, -0.1) is 0 Å². The Labute approximate surface area is 56.4 Å². The minimum Gasteiger partial charge on any atom is -0.191 e. The van der Waals surface area contributed by atoms with E-state index in [1.165, 1.54) is 15.9 Å². The lowest BCUT2D eigenvalue weighted by Crippen LogP contribution is -2.32. The first-order valence-corrected chi connectivity index (χ1v) is 2.46. The zero-order valence-electron chi connectivity index (χ0n) is 3.84. The van der Waals surface area contributed by atoms with Gasteiger partial charge in [0.25, 0.3) is 0 Å². The summed E-state index contributed by atoms with van der Waals surface area (Å²) in [5, 5.41) is 7.42. The molecule has 0 aliphatic rings. The summed E-state index contributed by atoms with van der Waals surface area (Å²) in [6.45, 7) is 0. The van der Waals surface area contributed by atoms with Gasteiger partial charge in [0.15, 0.2) is 0 Å². The van der Waals surface area contributed by atoms with Gasteiger partial charge >= 0.3 is 10.8 Å². The fraction of sp³-hybridized carbons (Fsp3) is 0.667. The molecule has 52 valence electrons. The Kier molecular flexibility index (Phi) is 2.06. The van der Waals surface area contributed by atoms with Gasteiger partial charge in [0.2, 0.25) is 0 Å². The van der Waals surface area contributed by atoms with Crippen LogP contribution in [0.15, 0.2) is 0 Å². The maximum Gasteiger partial charge on any atom is 0.404 e. The summed E-state index contributed by atoms with van der Waals surface area (Å²) in [7, 11) is 0. The summed E-state index contributed by atoms with van der Waals surface area (Å²) in [4.78, 5) is -4.44. The highest BCUT2D eigenvalue weighted by molar-refractivity contribution is 9.10. The van der Waals surface area contributed by atoms with Gasteiger partial charge in [-0.25, -0.2) is 0 Å². The molecule has 0 amide bonds. The minimum absolute atomic E-state index is 0.151. The van der Waals surface area contributed by atoms with Crippen LogP contribution in [-0.2, 0) is 0 Å². The lowest BCUT2D eigenvalue weighted by molar-refractivity contribution is -0.105. The molecule has 0 radical (unpaired) electrons. The van der Waals surface area contributed by atoms with Crippen molar-refractivity contribution in [1.29, 1.82) is 5.26 Å². The first-order chi connectivity index (χ1) is 3.81. The Balaban J connectivity index is 4.39. The van der Waals surface area contributed by atoms with Gasteiger partial charge < -0.3 is 0 Å². The third-order valence-corrected chi connectivity index (χ3v) is 0.994. The molecule has 0 aromatic heterocycles. The second kappa shape index (κ2) is 2.14. The smallest absolute Gasteiger partial charge is 0.191 e. The molecule has 1 nitrogen and oxygen atoms in total. The van der Waals surface area contributed by atoms with Crippen molar-refractivity contribution in [3.05, 3.63) is 0 Å². The van der Waals surface area contributed by atoms with Crippen LogP contribution in [0.25, 0.3) is 0 Å². The molecule has 0 aliphatic heterocycles. The van der Waals surface area contributed by atoms with E-state index >= 15 is 0 Å². The van der Waals surface area contributed by atoms with E-state index in [4.69, 9.17) is 5.26 Å². The van der Waals surface area contributed by atoms with Gasteiger partial charge in [-0.2, -0.15) is 22.8 Å². The summed E-state index contributed by atoms with van der Waals surface area (Å²) < 4.78 is 45.9. The summed E-state index contributed by atoms with van der Waals surface area (Å²) in [6.07, 6.45) is 0. The van der Waals surface area contributed by atoms with E-state index in [2.05, 4.69) is 0 Å². The third kappa shape index (κ3) is 1.82. The molecule has 9 heavy (non-hydrogen) atoms. The maximum atomic E-state index is 11.5. The second-order valence-electron chi connectivity index (χ2n) is 1.18. The molecule has 0 aromatic carbocycles. The Morgan fingerprint density at radius 3 is 1.56 bits per heavy atom. The first kappa shape index (κ1) is 8.69. The van der Waals surface area contributed by atoms with Crippen LogP contribution in [0, 0.1) is 11.3 Å². The quantitative estimate of drug-likeness (QED) is 0.476. The predicted octanol–water partition coefficient (Wildman–Crippen LogP) is 2.13. The van der Waals surface area contributed by atoms with Gasteiger partial charge in [-0.1, -0.05) is 0 Å². The number of halogens is 5. The summed E-state index contributed by atoms with van der Waals surface area (Å²) >= 11 is 1.35. The van der Waals surface area contributed by atoms with Crippen LogP contribution in [-0.4, -0.2) is 10.8 Å². The Morgan fingerprint density at radius 1 is 1.22 bits per heavy atom. The van der Waals surface area contributed by atoms with Gasteiger partial charge in [-0.3, -0.25) is 0 Å². The molecule has 0 aromatic rings. The highest BCUT2D eigenvalue weighted by atomic mass is 79.9. The van der Waals surface area contributed by atoms with Gasteiger partial charge in [0.1, 0.15) is 6.07 Å². The lowest BCUT2D eigenvalue weighted by Gasteiger charge is -2.12. The second-order valence-corrected chi connectivity index (χ2v) is 2.18. The fourth-order valence-corrected chi connectivity index (χ4v) is 0.152. The van der Waals surface area contributed by atoms with Gasteiger partial charge in [0.05, 0.1) is 0 Å². The normalized spacial score (nSPS) is 12.9. The topological polar surface area (TPSA) is 23.8 Å². The lowest BCUT2D eigenvalue weighted by atomic mass is 10.4. The molecule has 0 bridgehead atoms. The van der Waals surface area contributed by atoms with Crippen molar-refractivity contribution in [3.8, 4) is 6.07 Å². The molecule has 0 heterocycles. The molecule has 0 saturated carbocycles. The molecule has 0 atom stereocenters. The largest absolute Gasteiger partial charge is 0.404 e. The van der Waals surface area contributed by atoms with Crippen molar-refractivity contribution in [2.45, 2.75) is 10.8 Å². The average molecular weight is 206 g/mol. The molecule has 6 heteroatoms. The summed E-state index contributed by atoms with van der Waals surface area (Å²) in [5.74, 6) is -4.63. The SMILES string of the molecule is N#CC(F)(F)C(F)(F)Br. The molecule has 0 saturated heterocycles. The van der Waals surface area contributed by atoms with Crippen LogP contribution in [0.5, 0.6) is 0 Å². The average Bonchev–Trinajstić information content (AvgIpc) is 1.64. The van der Waals surface area contributed by atoms with Crippen LogP contribution < -0.4 is 0 Å². The number of nitriles is 1. The zero-order chi connectivity index (χ0) is 7.71. The molecule has 0 spiro atoms. The standard InChI is InChI=1S/C3BrF4N/c4-3(7,8)2(5,6)1-9. The van der Waals surface area contributed by atoms with Gasteiger partial charge in [-0.05, 0) is 15.9 Å². The van der Waals surface area contributed by atoms with E-state index in [1.54, 1.807) is 0 Å². The predicted molar refractivity (Wildman–Crippen MR) is 24.4 cm³/mol. The first-order valence-electron chi connectivity index (χ1n) is 1.67. The molecular formula is C3BrF4N. The summed E-state index contributed by atoms with van der Waals surface area (Å²) in [5.41, 5.74) is 0.